The molecule has 0 radical (unpaired) electrons. The lowest BCUT2D eigenvalue weighted by Gasteiger charge is -2.19. The van der Waals surface area contributed by atoms with Crippen molar-refractivity contribution in [3.8, 4) is 0 Å². The number of aromatic nitrogens is 1. The van der Waals surface area contributed by atoms with Gasteiger partial charge in [-0.1, -0.05) is 51.1 Å². The molecule has 6 heteroatoms. The molecule has 0 saturated heterocycles. The minimum absolute atomic E-state index is 0.0677. The maximum Gasteiger partial charge on any atom is 0.248 e. The van der Waals surface area contributed by atoms with E-state index >= 15 is 0 Å². The van der Waals surface area contributed by atoms with Crippen LogP contribution in [0.3, 0.4) is 0 Å². The van der Waals surface area contributed by atoms with Gasteiger partial charge in [-0.3, -0.25) is 14.5 Å². The fourth-order valence-electron chi connectivity index (χ4n) is 2.86. The van der Waals surface area contributed by atoms with Crippen molar-refractivity contribution >= 4 is 45.7 Å². The lowest BCUT2D eigenvalue weighted by molar-refractivity contribution is -0.116. The molecule has 1 aromatic heterocycles. The highest BCUT2D eigenvalue weighted by Crippen LogP contribution is 2.29. The van der Waals surface area contributed by atoms with E-state index in [0.717, 1.165) is 11.4 Å². The average Bonchev–Trinajstić information content (AvgIpc) is 3.15. The van der Waals surface area contributed by atoms with Crippen molar-refractivity contribution in [3.05, 3.63) is 77.3 Å². The maximum atomic E-state index is 12.3. The number of hydrogen-bond donors (Lipinski definition) is 1. The summed E-state index contributed by atoms with van der Waals surface area (Å²) in [6, 6.07) is 17.2. The van der Waals surface area contributed by atoms with Crippen LogP contribution in [-0.2, 0) is 15.0 Å². The van der Waals surface area contributed by atoms with Crippen molar-refractivity contribution in [1.82, 2.24) is 4.98 Å². The summed E-state index contributed by atoms with van der Waals surface area (Å²) in [6.07, 6.45) is 3.08. The second-order valence-electron chi connectivity index (χ2n) is 7.89. The third kappa shape index (κ3) is 5.42. The number of anilines is 3. The first-order valence-electron chi connectivity index (χ1n) is 9.65. The molecule has 0 aliphatic heterocycles. The number of carbonyl (C=O) groups excluding carboxylic acids is 2. The Kier molecular flexibility index (Phi) is 6.47. The first kappa shape index (κ1) is 21.5. The minimum atomic E-state index is -0.237. The van der Waals surface area contributed by atoms with E-state index in [2.05, 4.69) is 31.1 Å². The quantitative estimate of drug-likeness (QED) is 0.534. The van der Waals surface area contributed by atoms with Crippen molar-refractivity contribution in [1.29, 1.82) is 0 Å². The molecule has 2 amide bonds. The molecule has 0 saturated carbocycles. The molecular weight excluding hydrogens is 394 g/mol. The van der Waals surface area contributed by atoms with Crippen molar-refractivity contribution in [2.75, 3.05) is 10.2 Å². The Morgan fingerprint density at radius 1 is 1.03 bits per heavy atom. The van der Waals surface area contributed by atoms with Crippen LogP contribution in [0.1, 0.15) is 39.0 Å². The van der Waals surface area contributed by atoms with Gasteiger partial charge in [0.2, 0.25) is 11.8 Å². The van der Waals surface area contributed by atoms with Crippen LogP contribution in [0, 0.1) is 0 Å². The van der Waals surface area contributed by atoms with Gasteiger partial charge in [0.15, 0.2) is 5.13 Å². The second-order valence-corrected chi connectivity index (χ2v) is 8.73. The van der Waals surface area contributed by atoms with Crippen molar-refractivity contribution in [3.63, 3.8) is 0 Å². The first-order valence-corrected chi connectivity index (χ1v) is 10.5. The molecule has 1 N–H and O–H groups in total. The molecular formula is C24H25N3O2S. The maximum absolute atomic E-state index is 12.3. The Balaban J connectivity index is 1.67. The van der Waals surface area contributed by atoms with E-state index in [1.165, 1.54) is 29.9 Å². The number of benzene rings is 2. The second kappa shape index (κ2) is 9.05. The molecule has 1 heterocycles. The third-order valence-electron chi connectivity index (χ3n) is 4.45. The van der Waals surface area contributed by atoms with E-state index in [4.69, 9.17) is 0 Å². The molecule has 3 aromatic rings. The van der Waals surface area contributed by atoms with Gasteiger partial charge in [0.1, 0.15) is 0 Å². The van der Waals surface area contributed by atoms with E-state index in [1.54, 1.807) is 11.0 Å². The summed E-state index contributed by atoms with van der Waals surface area (Å²) >= 11 is 1.35. The van der Waals surface area contributed by atoms with Gasteiger partial charge in [-0.2, -0.15) is 0 Å². The first-order chi connectivity index (χ1) is 14.2. The lowest BCUT2D eigenvalue weighted by atomic mass is 9.87. The van der Waals surface area contributed by atoms with Gasteiger partial charge in [-0.25, -0.2) is 4.98 Å². The Labute approximate surface area is 181 Å². The van der Waals surface area contributed by atoms with E-state index < -0.39 is 0 Å². The molecule has 0 aliphatic carbocycles. The van der Waals surface area contributed by atoms with Crippen molar-refractivity contribution < 1.29 is 9.59 Å². The third-order valence-corrected chi connectivity index (χ3v) is 5.30. The number of thiazole rings is 1. The molecule has 0 spiro atoms. The van der Waals surface area contributed by atoms with Crippen LogP contribution in [0.15, 0.2) is 66.1 Å². The molecule has 3 rings (SSSR count). The van der Waals surface area contributed by atoms with Gasteiger partial charge in [0.25, 0.3) is 0 Å². The zero-order chi connectivity index (χ0) is 21.7. The SMILES string of the molecule is CC(=O)N(c1ccccc1)c1nc(/C=C/C(=O)Nc2ccc(C(C)(C)C)cc2)cs1. The van der Waals surface area contributed by atoms with Gasteiger partial charge < -0.3 is 5.32 Å². The normalized spacial score (nSPS) is 11.5. The number of nitrogens with zero attached hydrogens (tertiary/aromatic N) is 2. The Hall–Kier alpha value is -3.25. The smallest absolute Gasteiger partial charge is 0.248 e. The van der Waals surface area contributed by atoms with Crippen LogP contribution in [0.2, 0.25) is 0 Å². The van der Waals surface area contributed by atoms with Crippen LogP contribution in [0.25, 0.3) is 6.08 Å². The Morgan fingerprint density at radius 3 is 2.30 bits per heavy atom. The average molecular weight is 420 g/mol. The van der Waals surface area contributed by atoms with Gasteiger partial charge in [-0.15, -0.1) is 11.3 Å². The summed E-state index contributed by atoms with van der Waals surface area (Å²) in [5.41, 5.74) is 3.39. The van der Waals surface area contributed by atoms with Crippen LogP contribution >= 0.6 is 11.3 Å². The topological polar surface area (TPSA) is 62.3 Å². The van der Waals surface area contributed by atoms with Crippen LogP contribution in [-0.4, -0.2) is 16.8 Å². The summed E-state index contributed by atoms with van der Waals surface area (Å²) in [5.74, 6) is -0.359. The van der Waals surface area contributed by atoms with Crippen molar-refractivity contribution in [2.24, 2.45) is 0 Å². The lowest BCUT2D eigenvalue weighted by Crippen LogP contribution is -2.22. The number of carbonyl (C=O) groups is 2. The summed E-state index contributed by atoms with van der Waals surface area (Å²) in [6.45, 7) is 7.95. The Bertz CT molecular complexity index is 1050. The minimum Gasteiger partial charge on any atom is -0.323 e. The summed E-state index contributed by atoms with van der Waals surface area (Å²) in [7, 11) is 0. The fourth-order valence-corrected chi connectivity index (χ4v) is 3.71. The van der Waals surface area contributed by atoms with Crippen LogP contribution < -0.4 is 10.2 Å². The standard InChI is InChI=1S/C24H25N3O2S/c1-17(28)27(21-8-6-5-7-9-21)23-26-20(16-30-23)14-15-22(29)25-19-12-10-18(11-13-19)24(2,3)4/h5-16H,1-4H3,(H,25,29)/b15-14+. The molecule has 0 unspecified atom stereocenters. The monoisotopic (exact) mass is 419 g/mol. The highest BCUT2D eigenvalue weighted by atomic mass is 32.1. The van der Waals surface area contributed by atoms with Crippen LogP contribution in [0.5, 0.6) is 0 Å². The fraction of sp³-hybridized carbons (Fsp3) is 0.208. The molecule has 2 aromatic carbocycles. The van der Waals surface area contributed by atoms with Gasteiger partial charge in [0.05, 0.1) is 11.4 Å². The number of nitrogens with one attached hydrogen (secondary N) is 1. The number of amides is 2. The molecule has 0 fully saturated rings. The molecule has 0 bridgehead atoms. The van der Waals surface area contributed by atoms with E-state index in [1.807, 2.05) is 60.0 Å². The predicted octanol–water partition coefficient (Wildman–Crippen LogP) is 5.78. The summed E-state index contributed by atoms with van der Waals surface area (Å²) < 4.78 is 0. The number of rotatable bonds is 5. The number of hydrogen-bond acceptors (Lipinski definition) is 4. The van der Waals surface area contributed by atoms with Gasteiger partial charge in [-0.05, 0) is 41.3 Å². The Morgan fingerprint density at radius 2 is 1.70 bits per heavy atom. The van der Waals surface area contributed by atoms with Crippen molar-refractivity contribution in [2.45, 2.75) is 33.1 Å². The highest BCUT2D eigenvalue weighted by Gasteiger charge is 2.17. The largest absolute Gasteiger partial charge is 0.323 e. The summed E-state index contributed by atoms with van der Waals surface area (Å²) in [4.78, 5) is 30.4. The number of para-hydroxylation sites is 1. The van der Waals surface area contributed by atoms with Gasteiger partial charge >= 0.3 is 0 Å². The highest BCUT2D eigenvalue weighted by molar-refractivity contribution is 7.14. The molecule has 5 nitrogen and oxygen atoms in total. The van der Waals surface area contributed by atoms with Crippen LogP contribution in [0.4, 0.5) is 16.5 Å². The summed E-state index contributed by atoms with van der Waals surface area (Å²) in [5, 5.41) is 5.23. The van der Waals surface area contributed by atoms with Gasteiger partial charge in [0, 0.05) is 24.1 Å². The predicted molar refractivity (Wildman–Crippen MR) is 124 cm³/mol. The zero-order valence-electron chi connectivity index (χ0n) is 17.5. The molecule has 30 heavy (non-hydrogen) atoms. The molecule has 0 atom stereocenters. The van der Waals surface area contributed by atoms with E-state index in [0.29, 0.717) is 10.8 Å². The van der Waals surface area contributed by atoms with E-state index in [9.17, 15) is 9.59 Å². The van der Waals surface area contributed by atoms with E-state index in [-0.39, 0.29) is 17.2 Å². The molecule has 154 valence electrons. The molecule has 0 aliphatic rings. The zero-order valence-corrected chi connectivity index (χ0v) is 18.4.